The number of nitrogens with zero attached hydrogens (tertiary/aromatic N) is 4. The van der Waals surface area contributed by atoms with E-state index < -0.39 is 0 Å². The van der Waals surface area contributed by atoms with Gasteiger partial charge in [-0.2, -0.15) is 10.2 Å². The molecule has 0 fully saturated rings. The second-order valence-corrected chi connectivity index (χ2v) is 4.85. The second kappa shape index (κ2) is 6.56. The van der Waals surface area contributed by atoms with Crippen LogP contribution in [-0.2, 0) is 0 Å². The Bertz CT molecular complexity index is 566. The SMILES string of the molecule is CCCNC(CC)c1nnc(-c2cc(C)nnc2C)o1. The lowest BCUT2D eigenvalue weighted by molar-refractivity contribution is 0.396. The number of aromatic nitrogens is 4. The molecule has 0 aliphatic carbocycles. The summed E-state index contributed by atoms with van der Waals surface area (Å²) >= 11 is 0. The first-order valence-corrected chi connectivity index (χ1v) is 7.03. The van der Waals surface area contributed by atoms with Crippen LogP contribution in [0.25, 0.3) is 11.5 Å². The molecular formula is C14H21N5O. The van der Waals surface area contributed by atoms with Crippen molar-refractivity contribution in [2.24, 2.45) is 0 Å². The highest BCUT2D eigenvalue weighted by Gasteiger charge is 2.18. The van der Waals surface area contributed by atoms with Crippen molar-refractivity contribution in [2.75, 3.05) is 6.54 Å². The van der Waals surface area contributed by atoms with Gasteiger partial charge in [0, 0.05) is 0 Å². The maximum atomic E-state index is 5.80. The molecule has 1 atom stereocenters. The van der Waals surface area contributed by atoms with Crippen molar-refractivity contribution in [1.82, 2.24) is 25.7 Å². The van der Waals surface area contributed by atoms with Crippen LogP contribution in [0.5, 0.6) is 0 Å². The van der Waals surface area contributed by atoms with Gasteiger partial charge in [0.25, 0.3) is 0 Å². The maximum absolute atomic E-state index is 5.80. The summed E-state index contributed by atoms with van der Waals surface area (Å²) < 4.78 is 5.80. The van der Waals surface area contributed by atoms with Crippen LogP contribution in [0, 0.1) is 13.8 Å². The highest BCUT2D eigenvalue weighted by molar-refractivity contribution is 5.55. The first-order valence-electron chi connectivity index (χ1n) is 7.03. The zero-order valence-corrected chi connectivity index (χ0v) is 12.5. The standard InChI is InChI=1S/C14H21N5O/c1-5-7-15-12(6-2)14-19-18-13(20-14)11-8-9(3)16-17-10(11)4/h8,12,15H,5-7H2,1-4H3. The van der Waals surface area contributed by atoms with Crippen molar-refractivity contribution >= 4 is 0 Å². The largest absolute Gasteiger partial charge is 0.419 e. The van der Waals surface area contributed by atoms with Gasteiger partial charge in [-0.3, -0.25) is 0 Å². The molecule has 6 heteroatoms. The summed E-state index contributed by atoms with van der Waals surface area (Å²) in [6.07, 6.45) is 1.98. The molecule has 2 aromatic heterocycles. The summed E-state index contributed by atoms with van der Waals surface area (Å²) in [4.78, 5) is 0. The third-order valence-electron chi connectivity index (χ3n) is 3.12. The molecule has 1 unspecified atom stereocenters. The summed E-state index contributed by atoms with van der Waals surface area (Å²) in [5, 5.41) is 19.8. The number of aryl methyl sites for hydroxylation is 2. The molecule has 0 aromatic carbocycles. The van der Waals surface area contributed by atoms with Crippen LogP contribution in [0.3, 0.4) is 0 Å². The molecule has 0 amide bonds. The molecular weight excluding hydrogens is 254 g/mol. The minimum atomic E-state index is 0.104. The van der Waals surface area contributed by atoms with E-state index in [2.05, 4.69) is 39.6 Å². The lowest BCUT2D eigenvalue weighted by Gasteiger charge is -2.11. The van der Waals surface area contributed by atoms with Crippen molar-refractivity contribution in [3.8, 4) is 11.5 Å². The Morgan fingerprint density at radius 2 is 1.95 bits per heavy atom. The predicted octanol–water partition coefficient (Wildman–Crippen LogP) is 2.59. The molecule has 0 saturated heterocycles. The fourth-order valence-corrected chi connectivity index (χ4v) is 1.98. The van der Waals surface area contributed by atoms with Gasteiger partial charge >= 0.3 is 0 Å². The van der Waals surface area contributed by atoms with Crippen molar-refractivity contribution in [1.29, 1.82) is 0 Å². The van der Waals surface area contributed by atoms with Gasteiger partial charge in [0.05, 0.1) is 23.0 Å². The Balaban J connectivity index is 2.25. The summed E-state index contributed by atoms with van der Waals surface area (Å²) in [6.45, 7) is 8.95. The van der Waals surface area contributed by atoms with Gasteiger partial charge < -0.3 is 9.73 Å². The Morgan fingerprint density at radius 1 is 1.15 bits per heavy atom. The van der Waals surface area contributed by atoms with Crippen LogP contribution < -0.4 is 5.32 Å². The van der Waals surface area contributed by atoms with Gasteiger partial charge in [0.1, 0.15) is 0 Å². The monoisotopic (exact) mass is 275 g/mol. The van der Waals surface area contributed by atoms with Gasteiger partial charge in [-0.25, -0.2) is 0 Å². The Morgan fingerprint density at radius 3 is 2.65 bits per heavy atom. The lowest BCUT2D eigenvalue weighted by Crippen LogP contribution is -2.21. The molecule has 0 bridgehead atoms. The van der Waals surface area contributed by atoms with E-state index in [0.29, 0.717) is 11.8 Å². The molecule has 0 aliphatic heterocycles. The normalized spacial score (nSPS) is 12.6. The quantitative estimate of drug-likeness (QED) is 0.873. The summed E-state index contributed by atoms with van der Waals surface area (Å²) in [5.74, 6) is 1.14. The average molecular weight is 275 g/mol. The van der Waals surface area contributed by atoms with E-state index in [-0.39, 0.29) is 6.04 Å². The van der Waals surface area contributed by atoms with Gasteiger partial charge in [0.15, 0.2) is 0 Å². The smallest absolute Gasteiger partial charge is 0.249 e. The van der Waals surface area contributed by atoms with Gasteiger partial charge in [-0.05, 0) is 39.3 Å². The molecule has 108 valence electrons. The van der Waals surface area contributed by atoms with Gasteiger partial charge in [-0.15, -0.1) is 10.2 Å². The fourth-order valence-electron chi connectivity index (χ4n) is 1.98. The minimum Gasteiger partial charge on any atom is -0.419 e. The molecule has 0 aliphatic rings. The van der Waals surface area contributed by atoms with E-state index >= 15 is 0 Å². The van der Waals surface area contributed by atoms with Crippen LogP contribution in [0.2, 0.25) is 0 Å². The van der Waals surface area contributed by atoms with E-state index in [9.17, 15) is 0 Å². The zero-order valence-electron chi connectivity index (χ0n) is 12.5. The topological polar surface area (TPSA) is 76.7 Å². The first-order chi connectivity index (χ1) is 9.65. The molecule has 20 heavy (non-hydrogen) atoms. The predicted molar refractivity (Wildman–Crippen MR) is 76.1 cm³/mol. The summed E-state index contributed by atoms with van der Waals surface area (Å²) in [5.41, 5.74) is 2.48. The Hall–Kier alpha value is -1.82. The molecule has 0 spiro atoms. The average Bonchev–Trinajstić information content (AvgIpc) is 2.92. The first kappa shape index (κ1) is 14.6. The van der Waals surface area contributed by atoms with Crippen LogP contribution in [0.4, 0.5) is 0 Å². The van der Waals surface area contributed by atoms with Crippen LogP contribution in [-0.4, -0.2) is 26.9 Å². The molecule has 1 N–H and O–H groups in total. The van der Waals surface area contributed by atoms with Crippen molar-refractivity contribution in [3.05, 3.63) is 23.3 Å². The number of hydrogen-bond donors (Lipinski definition) is 1. The van der Waals surface area contributed by atoms with Gasteiger partial charge in [-0.1, -0.05) is 13.8 Å². The zero-order chi connectivity index (χ0) is 14.5. The number of rotatable bonds is 6. The minimum absolute atomic E-state index is 0.104. The lowest BCUT2D eigenvalue weighted by atomic mass is 10.2. The number of hydrogen-bond acceptors (Lipinski definition) is 6. The third kappa shape index (κ3) is 3.19. The van der Waals surface area contributed by atoms with E-state index in [1.165, 1.54) is 0 Å². The molecule has 6 nitrogen and oxygen atoms in total. The van der Waals surface area contributed by atoms with Crippen LogP contribution >= 0.6 is 0 Å². The van der Waals surface area contributed by atoms with Gasteiger partial charge in [0.2, 0.25) is 11.8 Å². The van der Waals surface area contributed by atoms with E-state index in [1.54, 1.807) is 0 Å². The fraction of sp³-hybridized carbons (Fsp3) is 0.571. The van der Waals surface area contributed by atoms with Crippen molar-refractivity contribution < 1.29 is 4.42 Å². The number of nitrogens with one attached hydrogen (secondary N) is 1. The third-order valence-corrected chi connectivity index (χ3v) is 3.12. The summed E-state index contributed by atoms with van der Waals surface area (Å²) in [6, 6.07) is 2.02. The Kier molecular flexibility index (Phi) is 4.79. The van der Waals surface area contributed by atoms with Crippen molar-refractivity contribution in [3.63, 3.8) is 0 Å². The Labute approximate surface area is 119 Å². The van der Waals surface area contributed by atoms with Crippen LogP contribution in [0.1, 0.15) is 50.0 Å². The van der Waals surface area contributed by atoms with Crippen LogP contribution in [0.15, 0.2) is 10.5 Å². The van der Waals surface area contributed by atoms with E-state index in [1.807, 2.05) is 19.9 Å². The molecule has 0 radical (unpaired) electrons. The highest BCUT2D eigenvalue weighted by atomic mass is 16.4. The molecule has 0 saturated carbocycles. The molecule has 2 heterocycles. The second-order valence-electron chi connectivity index (χ2n) is 4.85. The molecule has 2 rings (SSSR count). The summed E-state index contributed by atoms with van der Waals surface area (Å²) in [7, 11) is 0. The van der Waals surface area contributed by atoms with Crippen molar-refractivity contribution in [2.45, 2.75) is 46.6 Å². The molecule has 2 aromatic rings. The highest BCUT2D eigenvalue weighted by Crippen LogP contribution is 2.24. The van der Waals surface area contributed by atoms with E-state index in [0.717, 1.165) is 36.3 Å². The maximum Gasteiger partial charge on any atom is 0.249 e. The van der Waals surface area contributed by atoms with E-state index in [4.69, 9.17) is 4.42 Å².